The van der Waals surface area contributed by atoms with Crippen LogP contribution in [0.1, 0.15) is 24.8 Å². The normalized spacial score (nSPS) is 27.5. The lowest BCUT2D eigenvalue weighted by molar-refractivity contribution is 0.248. The molecule has 2 aliphatic rings. The molecule has 0 amide bonds. The van der Waals surface area contributed by atoms with Gasteiger partial charge in [-0.15, -0.1) is 0 Å². The molecule has 2 atom stereocenters. The first-order chi connectivity index (χ1) is 10.7. The van der Waals surface area contributed by atoms with Crippen LogP contribution in [0.2, 0.25) is 0 Å². The number of benzene rings is 1. The van der Waals surface area contributed by atoms with Gasteiger partial charge in [-0.1, -0.05) is 12.2 Å². The molecule has 0 N–H and O–H groups in total. The summed E-state index contributed by atoms with van der Waals surface area (Å²) in [6.45, 7) is 1.12. The number of likely N-dealkylation sites (tertiary alicyclic amines) is 1. The summed E-state index contributed by atoms with van der Waals surface area (Å²) in [4.78, 5) is 2.48. The number of allylic oxidation sites excluding steroid dienone is 1. The van der Waals surface area contributed by atoms with Crippen LogP contribution < -0.4 is 14.2 Å². The van der Waals surface area contributed by atoms with Crippen LogP contribution >= 0.6 is 0 Å². The molecule has 1 aromatic rings. The third-order valence-corrected chi connectivity index (χ3v) is 5.23. The molecule has 0 aromatic heterocycles. The molecule has 0 bridgehead atoms. The molecule has 1 aliphatic carbocycles. The Labute approximate surface area is 132 Å². The van der Waals surface area contributed by atoms with Crippen LogP contribution in [0, 0.1) is 0 Å². The molecule has 3 rings (SSSR count). The molecule has 1 aromatic carbocycles. The Morgan fingerprint density at radius 2 is 1.77 bits per heavy atom. The van der Waals surface area contributed by atoms with Crippen molar-refractivity contribution in [3.8, 4) is 17.2 Å². The maximum Gasteiger partial charge on any atom is 0.203 e. The molecule has 0 saturated carbocycles. The second kappa shape index (κ2) is 5.84. The van der Waals surface area contributed by atoms with E-state index in [1.165, 1.54) is 12.0 Å². The van der Waals surface area contributed by atoms with Crippen molar-refractivity contribution in [2.75, 3.05) is 34.9 Å². The van der Waals surface area contributed by atoms with E-state index in [4.69, 9.17) is 14.2 Å². The summed E-state index contributed by atoms with van der Waals surface area (Å²) in [7, 11) is 7.22. The minimum atomic E-state index is 0.0554. The zero-order valence-electron chi connectivity index (χ0n) is 13.9. The van der Waals surface area contributed by atoms with E-state index in [2.05, 4.69) is 36.2 Å². The van der Waals surface area contributed by atoms with Crippen molar-refractivity contribution in [2.45, 2.75) is 30.7 Å². The van der Waals surface area contributed by atoms with Gasteiger partial charge >= 0.3 is 0 Å². The average Bonchev–Trinajstić information content (AvgIpc) is 2.92. The second-order valence-corrected chi connectivity index (χ2v) is 6.18. The second-order valence-electron chi connectivity index (χ2n) is 6.18. The Kier molecular flexibility index (Phi) is 4.04. The number of hydrogen-bond donors (Lipinski definition) is 0. The topological polar surface area (TPSA) is 30.9 Å². The molecule has 0 spiro atoms. The average molecular weight is 303 g/mol. The van der Waals surface area contributed by atoms with E-state index in [-0.39, 0.29) is 5.41 Å². The number of ether oxygens (including phenoxy) is 3. The van der Waals surface area contributed by atoms with Gasteiger partial charge in [0.05, 0.1) is 21.3 Å². The van der Waals surface area contributed by atoms with E-state index in [1.807, 2.05) is 0 Å². The molecule has 22 heavy (non-hydrogen) atoms. The van der Waals surface area contributed by atoms with Crippen molar-refractivity contribution < 1.29 is 14.2 Å². The first kappa shape index (κ1) is 15.2. The molecule has 4 nitrogen and oxygen atoms in total. The smallest absolute Gasteiger partial charge is 0.203 e. The van der Waals surface area contributed by atoms with Crippen LogP contribution in [0.4, 0.5) is 0 Å². The number of hydrogen-bond acceptors (Lipinski definition) is 4. The quantitative estimate of drug-likeness (QED) is 0.800. The third kappa shape index (κ3) is 2.17. The predicted octanol–water partition coefficient (Wildman–Crippen LogP) is 3.00. The number of methoxy groups -OCH3 is 3. The fourth-order valence-corrected chi connectivity index (χ4v) is 4.08. The Morgan fingerprint density at radius 1 is 1.09 bits per heavy atom. The van der Waals surface area contributed by atoms with Gasteiger partial charge in [0.25, 0.3) is 0 Å². The summed E-state index contributed by atoms with van der Waals surface area (Å²) in [6.07, 6.45) is 8.19. The summed E-state index contributed by atoms with van der Waals surface area (Å²) in [5.74, 6) is 2.13. The first-order valence-corrected chi connectivity index (χ1v) is 7.84. The van der Waals surface area contributed by atoms with Gasteiger partial charge in [0.1, 0.15) is 0 Å². The van der Waals surface area contributed by atoms with Crippen molar-refractivity contribution >= 4 is 0 Å². The van der Waals surface area contributed by atoms with Gasteiger partial charge in [0.2, 0.25) is 5.75 Å². The van der Waals surface area contributed by atoms with Gasteiger partial charge in [-0.3, -0.25) is 0 Å². The van der Waals surface area contributed by atoms with Crippen LogP contribution in [0.5, 0.6) is 17.2 Å². The summed E-state index contributed by atoms with van der Waals surface area (Å²) in [5.41, 5.74) is 1.31. The van der Waals surface area contributed by atoms with Crippen molar-refractivity contribution in [3.63, 3.8) is 0 Å². The van der Waals surface area contributed by atoms with E-state index in [1.54, 1.807) is 21.3 Å². The SMILES string of the molecule is COc1cc([C@@]23C=CCCC2N(C)CC3)cc(OC)c1OC. The van der Waals surface area contributed by atoms with Gasteiger partial charge in [0, 0.05) is 11.5 Å². The zero-order chi connectivity index (χ0) is 15.7. The van der Waals surface area contributed by atoms with Crippen molar-refractivity contribution in [3.05, 3.63) is 29.8 Å². The maximum absolute atomic E-state index is 5.54. The first-order valence-electron chi connectivity index (χ1n) is 7.84. The standard InChI is InChI=1S/C18H25NO3/c1-19-10-9-18(8-6-5-7-16(18)19)13-11-14(20-2)17(22-4)15(12-13)21-3/h6,8,11-12,16H,5,7,9-10H2,1-4H3/t16?,18-/m0/s1. The number of rotatable bonds is 4. The van der Waals surface area contributed by atoms with Crippen LogP contribution in [-0.2, 0) is 5.41 Å². The molecule has 1 unspecified atom stereocenters. The van der Waals surface area contributed by atoms with Gasteiger partial charge in [-0.25, -0.2) is 0 Å². The number of fused-ring (bicyclic) bond motifs is 1. The highest BCUT2D eigenvalue weighted by atomic mass is 16.5. The van der Waals surface area contributed by atoms with E-state index < -0.39 is 0 Å². The lowest BCUT2D eigenvalue weighted by Crippen LogP contribution is -2.41. The van der Waals surface area contributed by atoms with E-state index in [0.29, 0.717) is 11.8 Å². The molecule has 4 heteroatoms. The summed E-state index contributed by atoms with van der Waals surface area (Å²) < 4.78 is 16.5. The monoisotopic (exact) mass is 303 g/mol. The maximum atomic E-state index is 5.54. The molecule has 1 heterocycles. The fraction of sp³-hybridized carbons (Fsp3) is 0.556. The predicted molar refractivity (Wildman–Crippen MR) is 87.2 cm³/mol. The molecular formula is C18H25NO3. The highest BCUT2D eigenvalue weighted by Gasteiger charge is 2.46. The van der Waals surface area contributed by atoms with Gasteiger partial charge < -0.3 is 19.1 Å². The Hall–Kier alpha value is -1.68. The van der Waals surface area contributed by atoms with E-state index in [0.717, 1.165) is 30.9 Å². The minimum Gasteiger partial charge on any atom is -0.493 e. The molecule has 120 valence electrons. The molecule has 1 saturated heterocycles. The summed E-state index contributed by atoms with van der Waals surface area (Å²) >= 11 is 0. The highest BCUT2D eigenvalue weighted by molar-refractivity contribution is 5.57. The van der Waals surface area contributed by atoms with Crippen LogP contribution in [0.15, 0.2) is 24.3 Å². The Balaban J connectivity index is 2.14. The number of nitrogens with zero attached hydrogens (tertiary/aromatic N) is 1. The summed E-state index contributed by atoms with van der Waals surface area (Å²) in [6, 6.07) is 4.77. The third-order valence-electron chi connectivity index (χ3n) is 5.23. The van der Waals surface area contributed by atoms with Crippen LogP contribution in [0.3, 0.4) is 0 Å². The number of likely N-dealkylation sites (N-methyl/N-ethyl adjacent to an activating group) is 1. The van der Waals surface area contributed by atoms with Crippen molar-refractivity contribution in [2.24, 2.45) is 0 Å². The lowest BCUT2D eigenvalue weighted by Gasteiger charge is -2.38. The van der Waals surface area contributed by atoms with Gasteiger partial charge in [-0.05, 0) is 50.6 Å². The minimum absolute atomic E-state index is 0.0554. The van der Waals surface area contributed by atoms with Crippen LogP contribution in [-0.4, -0.2) is 45.9 Å². The highest BCUT2D eigenvalue weighted by Crippen LogP contribution is 2.49. The molecule has 1 fully saturated rings. The van der Waals surface area contributed by atoms with E-state index >= 15 is 0 Å². The zero-order valence-corrected chi connectivity index (χ0v) is 13.9. The van der Waals surface area contributed by atoms with Crippen molar-refractivity contribution in [1.29, 1.82) is 0 Å². The molecular weight excluding hydrogens is 278 g/mol. The van der Waals surface area contributed by atoms with Crippen molar-refractivity contribution in [1.82, 2.24) is 4.90 Å². The summed E-state index contributed by atoms with van der Waals surface area (Å²) in [5, 5.41) is 0. The van der Waals surface area contributed by atoms with E-state index in [9.17, 15) is 0 Å². The molecule has 1 aliphatic heterocycles. The lowest BCUT2D eigenvalue weighted by atomic mass is 9.70. The Morgan fingerprint density at radius 3 is 2.36 bits per heavy atom. The van der Waals surface area contributed by atoms with Crippen LogP contribution in [0.25, 0.3) is 0 Å². The Bertz CT molecular complexity index is 559. The van der Waals surface area contributed by atoms with Gasteiger partial charge in [-0.2, -0.15) is 0 Å². The van der Waals surface area contributed by atoms with Gasteiger partial charge in [0.15, 0.2) is 11.5 Å². The molecule has 0 radical (unpaired) electrons. The fourth-order valence-electron chi connectivity index (χ4n) is 4.08. The largest absolute Gasteiger partial charge is 0.493 e.